The van der Waals surface area contributed by atoms with E-state index in [-0.39, 0.29) is 25.0 Å². The van der Waals surface area contributed by atoms with Crippen LogP contribution in [-0.4, -0.2) is 48.7 Å². The van der Waals surface area contributed by atoms with Gasteiger partial charge in [-0.05, 0) is 12.1 Å². The van der Waals surface area contributed by atoms with Crippen molar-refractivity contribution in [2.75, 3.05) is 26.7 Å². The second-order valence-corrected chi connectivity index (χ2v) is 4.33. The summed E-state index contributed by atoms with van der Waals surface area (Å²) in [4.78, 5) is 23.4. The number of furan rings is 1. The smallest absolute Gasteiger partial charge is 0.314 e. The van der Waals surface area contributed by atoms with Crippen LogP contribution in [-0.2, 0) is 11.2 Å². The Hall–Kier alpha value is -2.02. The molecule has 7 heteroatoms. The quantitative estimate of drug-likeness (QED) is 0.623. The molecular weight excluding hydrogens is 250 g/mol. The highest BCUT2D eigenvalue weighted by Gasteiger charge is 2.14. The van der Waals surface area contributed by atoms with Gasteiger partial charge in [-0.15, -0.1) is 0 Å². The molecule has 0 unspecified atom stereocenters. The number of urea groups is 1. The first-order chi connectivity index (χ1) is 9.02. The minimum Gasteiger partial charge on any atom is -0.469 e. The van der Waals surface area contributed by atoms with Gasteiger partial charge in [0.05, 0.1) is 6.26 Å². The first-order valence-electron chi connectivity index (χ1n) is 5.93. The van der Waals surface area contributed by atoms with Gasteiger partial charge in [0.25, 0.3) is 0 Å². The number of amides is 3. The van der Waals surface area contributed by atoms with E-state index in [1.807, 2.05) is 6.07 Å². The molecule has 3 amide bonds. The summed E-state index contributed by atoms with van der Waals surface area (Å²) >= 11 is 0. The van der Waals surface area contributed by atoms with Crippen LogP contribution >= 0.6 is 0 Å². The van der Waals surface area contributed by atoms with Gasteiger partial charge in [0, 0.05) is 32.5 Å². The van der Waals surface area contributed by atoms with E-state index in [4.69, 9.17) is 10.2 Å². The Morgan fingerprint density at radius 2 is 2.32 bits per heavy atom. The van der Waals surface area contributed by atoms with Crippen LogP contribution in [0.4, 0.5) is 4.79 Å². The summed E-state index contributed by atoms with van der Waals surface area (Å²) in [5.41, 5.74) is 5.01. The molecule has 19 heavy (non-hydrogen) atoms. The number of nitrogens with one attached hydrogen (secondary N) is 1. The molecule has 0 fully saturated rings. The lowest BCUT2D eigenvalue weighted by atomic mass is 10.1. The van der Waals surface area contributed by atoms with Crippen molar-refractivity contribution in [3.8, 4) is 0 Å². The number of hydrogen-bond acceptors (Lipinski definition) is 4. The van der Waals surface area contributed by atoms with Gasteiger partial charge in [-0.25, -0.2) is 4.79 Å². The zero-order valence-electron chi connectivity index (χ0n) is 10.8. The lowest BCUT2D eigenvalue weighted by Gasteiger charge is -2.16. The van der Waals surface area contributed by atoms with E-state index >= 15 is 0 Å². The lowest BCUT2D eigenvalue weighted by molar-refractivity contribution is -0.121. The van der Waals surface area contributed by atoms with Gasteiger partial charge >= 0.3 is 6.03 Å². The fourth-order valence-corrected chi connectivity index (χ4v) is 1.52. The molecule has 4 N–H and O–H groups in total. The third kappa shape index (κ3) is 5.43. The first-order valence-corrected chi connectivity index (χ1v) is 5.93. The zero-order chi connectivity index (χ0) is 14.3. The maximum absolute atomic E-state index is 11.5. The largest absolute Gasteiger partial charge is 0.469 e. The number of carbonyl (C=O) groups excluding carboxylic acids is 2. The van der Waals surface area contributed by atoms with Crippen LogP contribution in [0.3, 0.4) is 0 Å². The number of nitrogens with two attached hydrogens (primary N) is 1. The molecule has 0 aliphatic heterocycles. The average Bonchev–Trinajstić information content (AvgIpc) is 2.86. The van der Waals surface area contributed by atoms with Gasteiger partial charge in [0.1, 0.15) is 12.3 Å². The van der Waals surface area contributed by atoms with Crippen molar-refractivity contribution in [2.45, 2.75) is 6.42 Å². The molecule has 1 heterocycles. The number of primary amides is 1. The molecule has 0 saturated heterocycles. The molecule has 1 rings (SSSR count). The third-order valence-electron chi connectivity index (χ3n) is 2.67. The number of rotatable bonds is 7. The molecule has 1 aromatic rings. The Balaban J connectivity index is 2.32. The predicted molar refractivity (Wildman–Crippen MR) is 68.2 cm³/mol. The molecule has 0 bridgehead atoms. The summed E-state index contributed by atoms with van der Waals surface area (Å²) < 4.78 is 5.18. The number of carbonyl (C=O) groups is 2. The Morgan fingerprint density at radius 1 is 1.58 bits per heavy atom. The molecule has 0 spiro atoms. The molecule has 1 aromatic heterocycles. The van der Waals surface area contributed by atoms with Crippen molar-refractivity contribution in [3.63, 3.8) is 0 Å². The summed E-state index contributed by atoms with van der Waals surface area (Å²) in [6.07, 6.45) is 2.10. The van der Waals surface area contributed by atoms with E-state index in [1.165, 1.54) is 7.05 Å². The molecule has 0 aliphatic rings. The summed E-state index contributed by atoms with van der Waals surface area (Å²) in [5, 5.41) is 11.9. The van der Waals surface area contributed by atoms with E-state index in [1.54, 1.807) is 12.3 Å². The molecule has 106 valence electrons. The number of likely N-dealkylation sites (N-methyl/N-ethyl adjacent to an activating group) is 1. The average molecular weight is 269 g/mol. The minimum absolute atomic E-state index is 0.0629. The van der Waals surface area contributed by atoms with Crippen molar-refractivity contribution in [2.24, 2.45) is 11.7 Å². The topological polar surface area (TPSA) is 109 Å². The standard InChI is InChI=1S/C12H19N3O4/c1-15(12(13)18)7-11(17)14-6-9(8-16)5-10-3-2-4-19-10/h2-4,9,16H,5-8H2,1H3,(H2,13,18)(H,14,17)/t9-/m1/s1. The van der Waals surface area contributed by atoms with Crippen LogP contribution < -0.4 is 11.1 Å². The molecule has 0 aromatic carbocycles. The third-order valence-corrected chi connectivity index (χ3v) is 2.67. The monoisotopic (exact) mass is 269 g/mol. The number of hydrogen-bond donors (Lipinski definition) is 3. The van der Waals surface area contributed by atoms with Crippen LogP contribution in [0.2, 0.25) is 0 Å². The van der Waals surface area contributed by atoms with E-state index in [0.717, 1.165) is 10.7 Å². The van der Waals surface area contributed by atoms with Crippen LogP contribution in [0, 0.1) is 5.92 Å². The van der Waals surface area contributed by atoms with Gasteiger partial charge < -0.3 is 25.5 Å². The molecule has 1 atom stereocenters. The highest BCUT2D eigenvalue weighted by atomic mass is 16.3. The van der Waals surface area contributed by atoms with E-state index in [2.05, 4.69) is 5.32 Å². The van der Waals surface area contributed by atoms with Crippen LogP contribution in [0.25, 0.3) is 0 Å². The summed E-state index contributed by atoms with van der Waals surface area (Å²) in [6.45, 7) is 0.142. The fraction of sp³-hybridized carbons (Fsp3) is 0.500. The highest BCUT2D eigenvalue weighted by molar-refractivity contribution is 5.83. The normalized spacial score (nSPS) is 11.9. The van der Waals surface area contributed by atoms with Gasteiger partial charge in [-0.1, -0.05) is 0 Å². The zero-order valence-corrected chi connectivity index (χ0v) is 10.8. The van der Waals surface area contributed by atoms with Crippen molar-refractivity contribution in [1.82, 2.24) is 10.2 Å². The van der Waals surface area contributed by atoms with Gasteiger partial charge in [0.2, 0.25) is 5.91 Å². The van der Waals surface area contributed by atoms with Crippen LogP contribution in [0.5, 0.6) is 0 Å². The molecular formula is C12H19N3O4. The SMILES string of the molecule is CN(CC(=O)NC[C@H](CO)Cc1ccco1)C(N)=O. The Labute approximate surface area is 111 Å². The molecule has 0 radical (unpaired) electrons. The second kappa shape index (κ2) is 7.42. The maximum Gasteiger partial charge on any atom is 0.314 e. The van der Waals surface area contributed by atoms with Crippen LogP contribution in [0.1, 0.15) is 5.76 Å². The lowest BCUT2D eigenvalue weighted by Crippen LogP contribution is -2.42. The predicted octanol–water partition coefficient (Wildman–Crippen LogP) is -0.443. The van der Waals surface area contributed by atoms with E-state index < -0.39 is 6.03 Å². The van der Waals surface area contributed by atoms with Crippen molar-refractivity contribution in [3.05, 3.63) is 24.2 Å². The van der Waals surface area contributed by atoms with Gasteiger partial charge in [0.15, 0.2) is 0 Å². The Morgan fingerprint density at radius 3 is 2.84 bits per heavy atom. The summed E-state index contributed by atoms with van der Waals surface area (Å²) in [5.74, 6) is 0.302. The van der Waals surface area contributed by atoms with Crippen molar-refractivity contribution in [1.29, 1.82) is 0 Å². The molecule has 7 nitrogen and oxygen atoms in total. The van der Waals surface area contributed by atoms with E-state index in [9.17, 15) is 14.7 Å². The first kappa shape index (κ1) is 15.0. The minimum atomic E-state index is -0.663. The van der Waals surface area contributed by atoms with Crippen molar-refractivity contribution >= 4 is 11.9 Å². The molecule has 0 saturated carbocycles. The Kier molecular flexibility index (Phi) is 5.87. The highest BCUT2D eigenvalue weighted by Crippen LogP contribution is 2.08. The molecule has 0 aliphatic carbocycles. The maximum atomic E-state index is 11.5. The van der Waals surface area contributed by atoms with Crippen molar-refractivity contribution < 1.29 is 19.1 Å². The second-order valence-electron chi connectivity index (χ2n) is 4.33. The summed E-state index contributed by atoms with van der Waals surface area (Å²) in [7, 11) is 1.44. The number of aliphatic hydroxyl groups excluding tert-OH is 1. The summed E-state index contributed by atoms with van der Waals surface area (Å²) in [6, 6.07) is 2.92. The number of aliphatic hydroxyl groups is 1. The van der Waals surface area contributed by atoms with E-state index in [0.29, 0.717) is 13.0 Å². The van der Waals surface area contributed by atoms with Crippen LogP contribution in [0.15, 0.2) is 22.8 Å². The van der Waals surface area contributed by atoms with Gasteiger partial charge in [-0.3, -0.25) is 4.79 Å². The fourth-order valence-electron chi connectivity index (χ4n) is 1.52. The van der Waals surface area contributed by atoms with Gasteiger partial charge in [-0.2, -0.15) is 0 Å². The number of nitrogens with zero attached hydrogens (tertiary/aromatic N) is 1. The Bertz CT molecular complexity index is 405.